The molecule has 0 aromatic carbocycles. The second-order valence-electron chi connectivity index (χ2n) is 2.26. The number of hydrogen-bond acceptors (Lipinski definition) is 0. The standard InChI is InChI=1S/C9H11N/c1-4-7(2)9-5-6-10-8(9)3/h4-6,10H,1,3H2,2H3/b9-7+. The summed E-state index contributed by atoms with van der Waals surface area (Å²) in [5.41, 5.74) is 1.16. The number of H-pyrrole nitrogens is 1. The monoisotopic (exact) mass is 133 g/mol. The zero-order valence-electron chi connectivity index (χ0n) is 6.15. The molecule has 0 aliphatic carbocycles. The molecule has 52 valence electrons. The second-order valence-corrected chi connectivity index (χ2v) is 2.26. The third kappa shape index (κ3) is 1.03. The molecule has 0 saturated carbocycles. The first-order valence-electron chi connectivity index (χ1n) is 3.21. The van der Waals surface area contributed by atoms with Gasteiger partial charge in [-0.05, 0) is 18.6 Å². The van der Waals surface area contributed by atoms with E-state index in [1.165, 1.54) is 0 Å². The Kier molecular flexibility index (Phi) is 1.76. The van der Waals surface area contributed by atoms with Crippen molar-refractivity contribution in [2.75, 3.05) is 0 Å². The Morgan fingerprint density at radius 1 is 1.70 bits per heavy atom. The van der Waals surface area contributed by atoms with Gasteiger partial charge in [0.2, 0.25) is 0 Å². The fraction of sp³-hybridized carbons (Fsp3) is 0.111. The van der Waals surface area contributed by atoms with Gasteiger partial charge < -0.3 is 4.98 Å². The van der Waals surface area contributed by atoms with Gasteiger partial charge in [-0.25, -0.2) is 0 Å². The molecule has 0 saturated heterocycles. The molecule has 1 rings (SSSR count). The van der Waals surface area contributed by atoms with Crippen molar-refractivity contribution in [1.82, 2.24) is 4.98 Å². The minimum absolute atomic E-state index is 0.956. The van der Waals surface area contributed by atoms with E-state index in [0.717, 1.165) is 16.1 Å². The predicted molar refractivity (Wildman–Crippen MR) is 44.8 cm³/mol. The Balaban J connectivity index is 3.55. The zero-order valence-corrected chi connectivity index (χ0v) is 6.15. The van der Waals surface area contributed by atoms with Crippen molar-refractivity contribution in [3.05, 3.63) is 35.5 Å². The summed E-state index contributed by atoms with van der Waals surface area (Å²) in [4.78, 5) is 3.00. The van der Waals surface area contributed by atoms with E-state index < -0.39 is 0 Å². The van der Waals surface area contributed by atoms with Gasteiger partial charge in [-0.1, -0.05) is 19.2 Å². The lowest BCUT2D eigenvalue weighted by Gasteiger charge is -1.84. The second kappa shape index (κ2) is 2.56. The van der Waals surface area contributed by atoms with E-state index in [1.807, 2.05) is 25.3 Å². The smallest absolute Gasteiger partial charge is 0.0383 e. The summed E-state index contributed by atoms with van der Waals surface area (Å²) >= 11 is 0. The molecule has 0 bridgehead atoms. The van der Waals surface area contributed by atoms with Gasteiger partial charge in [0, 0.05) is 16.8 Å². The number of allylic oxidation sites excluding steroid dienone is 1. The molecule has 10 heavy (non-hydrogen) atoms. The van der Waals surface area contributed by atoms with E-state index in [1.54, 1.807) is 0 Å². The number of rotatable bonds is 1. The third-order valence-electron chi connectivity index (χ3n) is 1.56. The molecule has 1 heterocycles. The number of aromatic amines is 1. The predicted octanol–water partition coefficient (Wildman–Crippen LogP) is 0.782. The van der Waals surface area contributed by atoms with Crippen molar-refractivity contribution in [3.8, 4) is 0 Å². The molecule has 1 aromatic heterocycles. The first kappa shape index (κ1) is 6.87. The fourth-order valence-corrected chi connectivity index (χ4v) is 0.883. The lowest BCUT2D eigenvalue weighted by atomic mass is 10.2. The Morgan fingerprint density at radius 2 is 2.40 bits per heavy atom. The van der Waals surface area contributed by atoms with Crippen molar-refractivity contribution >= 4 is 12.2 Å². The Labute approximate surface area is 60.4 Å². The van der Waals surface area contributed by atoms with Gasteiger partial charge in [-0.15, -0.1) is 0 Å². The van der Waals surface area contributed by atoms with Crippen molar-refractivity contribution in [2.45, 2.75) is 6.92 Å². The van der Waals surface area contributed by atoms with Crippen LogP contribution in [0.5, 0.6) is 0 Å². The van der Waals surface area contributed by atoms with E-state index in [2.05, 4.69) is 18.1 Å². The number of nitrogens with one attached hydrogen (secondary N) is 1. The maximum atomic E-state index is 3.83. The lowest BCUT2D eigenvalue weighted by molar-refractivity contribution is 1.32. The topological polar surface area (TPSA) is 15.8 Å². The van der Waals surface area contributed by atoms with E-state index in [0.29, 0.717) is 0 Å². The molecule has 0 radical (unpaired) electrons. The minimum Gasteiger partial charge on any atom is -0.362 e. The molecule has 0 amide bonds. The van der Waals surface area contributed by atoms with E-state index in [9.17, 15) is 0 Å². The lowest BCUT2D eigenvalue weighted by Crippen LogP contribution is -2.21. The van der Waals surface area contributed by atoms with Crippen LogP contribution in [0.25, 0.3) is 12.2 Å². The van der Waals surface area contributed by atoms with Crippen LogP contribution >= 0.6 is 0 Å². The van der Waals surface area contributed by atoms with Gasteiger partial charge in [-0.3, -0.25) is 0 Å². The van der Waals surface area contributed by atoms with Crippen LogP contribution < -0.4 is 10.6 Å². The Hall–Kier alpha value is -1.24. The Bertz CT molecular complexity index is 330. The molecule has 0 unspecified atom stereocenters. The summed E-state index contributed by atoms with van der Waals surface area (Å²) in [6.45, 7) is 9.52. The summed E-state index contributed by atoms with van der Waals surface area (Å²) in [5.74, 6) is 0. The summed E-state index contributed by atoms with van der Waals surface area (Å²) in [6, 6.07) is 2.00. The average Bonchev–Trinajstić information content (AvgIpc) is 2.34. The summed E-state index contributed by atoms with van der Waals surface area (Å²) in [5, 5.41) is 2.10. The molecule has 1 heteroatoms. The van der Waals surface area contributed by atoms with Crippen molar-refractivity contribution in [1.29, 1.82) is 0 Å². The largest absolute Gasteiger partial charge is 0.362 e. The molecule has 1 aromatic rings. The highest BCUT2D eigenvalue weighted by molar-refractivity contribution is 5.52. The first-order valence-corrected chi connectivity index (χ1v) is 3.21. The van der Waals surface area contributed by atoms with Crippen molar-refractivity contribution in [3.63, 3.8) is 0 Å². The van der Waals surface area contributed by atoms with Crippen LogP contribution in [0.4, 0.5) is 0 Å². The number of aromatic nitrogens is 1. The van der Waals surface area contributed by atoms with Crippen LogP contribution in [0, 0.1) is 0 Å². The molecule has 1 N–H and O–H groups in total. The van der Waals surface area contributed by atoms with Gasteiger partial charge in [0.25, 0.3) is 0 Å². The minimum atomic E-state index is 0.956. The van der Waals surface area contributed by atoms with Gasteiger partial charge in [0.15, 0.2) is 0 Å². The summed E-state index contributed by atoms with van der Waals surface area (Å²) in [6.07, 6.45) is 3.71. The molecule has 0 atom stereocenters. The maximum Gasteiger partial charge on any atom is 0.0383 e. The first-order chi connectivity index (χ1) is 4.75. The van der Waals surface area contributed by atoms with Gasteiger partial charge in [-0.2, -0.15) is 0 Å². The Morgan fingerprint density at radius 3 is 2.80 bits per heavy atom. The van der Waals surface area contributed by atoms with Gasteiger partial charge in [0.1, 0.15) is 0 Å². The normalized spacial score (nSPS) is 12.9. The van der Waals surface area contributed by atoms with Crippen LogP contribution in [-0.2, 0) is 0 Å². The molecule has 0 fully saturated rings. The number of hydrogen-bond donors (Lipinski definition) is 1. The summed E-state index contributed by atoms with van der Waals surface area (Å²) < 4.78 is 0. The SMILES string of the molecule is C=C/C(C)=c1\cc[nH]c1=C. The molecule has 0 spiro atoms. The highest BCUT2D eigenvalue weighted by Crippen LogP contribution is 1.86. The summed E-state index contributed by atoms with van der Waals surface area (Å²) in [7, 11) is 0. The molecule has 1 nitrogen and oxygen atoms in total. The molecule has 0 aliphatic heterocycles. The van der Waals surface area contributed by atoms with Gasteiger partial charge in [0.05, 0.1) is 0 Å². The van der Waals surface area contributed by atoms with Crippen LogP contribution in [0.15, 0.2) is 24.9 Å². The highest BCUT2D eigenvalue weighted by atomic mass is 14.6. The van der Waals surface area contributed by atoms with Crippen LogP contribution in [0.3, 0.4) is 0 Å². The average molecular weight is 133 g/mol. The molecular weight excluding hydrogens is 122 g/mol. The van der Waals surface area contributed by atoms with Crippen molar-refractivity contribution < 1.29 is 0 Å². The molecule has 0 aliphatic rings. The quantitative estimate of drug-likeness (QED) is 0.582. The maximum absolute atomic E-state index is 3.83. The van der Waals surface area contributed by atoms with Crippen LogP contribution in [0.1, 0.15) is 6.92 Å². The zero-order chi connectivity index (χ0) is 7.56. The van der Waals surface area contributed by atoms with Gasteiger partial charge >= 0.3 is 0 Å². The fourth-order valence-electron chi connectivity index (χ4n) is 0.883. The van der Waals surface area contributed by atoms with Crippen LogP contribution in [-0.4, -0.2) is 4.98 Å². The third-order valence-corrected chi connectivity index (χ3v) is 1.56. The van der Waals surface area contributed by atoms with E-state index in [-0.39, 0.29) is 0 Å². The van der Waals surface area contributed by atoms with E-state index >= 15 is 0 Å². The van der Waals surface area contributed by atoms with E-state index in [4.69, 9.17) is 0 Å². The van der Waals surface area contributed by atoms with Crippen molar-refractivity contribution in [2.24, 2.45) is 0 Å². The molecular formula is C9H11N. The van der Waals surface area contributed by atoms with Crippen LogP contribution in [0.2, 0.25) is 0 Å². The highest BCUT2D eigenvalue weighted by Gasteiger charge is 1.85.